The highest BCUT2D eigenvalue weighted by atomic mass is 15.3. The minimum Gasteiger partial charge on any atom is -0.317 e. The first-order chi connectivity index (χ1) is 9.92. The molecule has 3 aromatic heterocycles. The zero-order valence-electron chi connectivity index (χ0n) is 11.0. The number of hydrogen-bond donors (Lipinski definition) is 2. The summed E-state index contributed by atoms with van der Waals surface area (Å²) in [6.07, 6.45) is 7.58. The van der Waals surface area contributed by atoms with Crippen molar-refractivity contribution in [1.29, 1.82) is 0 Å². The van der Waals surface area contributed by atoms with Crippen LogP contribution in [0.3, 0.4) is 0 Å². The molecule has 1 aliphatic rings. The van der Waals surface area contributed by atoms with Crippen molar-refractivity contribution in [3.05, 3.63) is 30.5 Å². The second-order valence-corrected chi connectivity index (χ2v) is 5.01. The van der Waals surface area contributed by atoms with Gasteiger partial charge in [0.05, 0.1) is 11.8 Å². The Morgan fingerprint density at radius 3 is 3.05 bits per heavy atom. The summed E-state index contributed by atoms with van der Waals surface area (Å²) in [7, 11) is 0. The second kappa shape index (κ2) is 4.68. The van der Waals surface area contributed by atoms with E-state index in [4.69, 9.17) is 0 Å². The zero-order chi connectivity index (χ0) is 13.4. The average molecular weight is 269 g/mol. The summed E-state index contributed by atoms with van der Waals surface area (Å²) < 4.78 is 1.73. The van der Waals surface area contributed by atoms with E-state index in [1.807, 2.05) is 12.3 Å². The first-order valence-electron chi connectivity index (χ1n) is 6.83. The normalized spacial score (nSPS) is 16.8. The fourth-order valence-corrected chi connectivity index (χ4v) is 2.66. The molecule has 4 heterocycles. The standard InChI is InChI=1S/C13H15N7/c1-4-15-13-10(8-16-20(13)7-1)12-17-11(18-19-12)9-2-5-14-6-3-9/h1,4,7-9,14H,2-3,5-6H2,(H,17,18,19). The Kier molecular flexibility index (Phi) is 2.70. The van der Waals surface area contributed by atoms with Crippen LogP contribution >= 0.6 is 0 Å². The SMILES string of the molecule is c1cnc2c(-c3n[nH]c(C4CCNCC4)n3)cnn2c1. The maximum absolute atomic E-state index is 4.64. The van der Waals surface area contributed by atoms with Gasteiger partial charge in [-0.25, -0.2) is 14.5 Å². The average Bonchev–Trinajstić information content (AvgIpc) is 3.14. The Bertz CT molecular complexity index is 723. The fraction of sp³-hybridized carbons (Fsp3) is 0.385. The van der Waals surface area contributed by atoms with Crippen LogP contribution in [0.1, 0.15) is 24.6 Å². The molecule has 0 amide bonds. The molecule has 3 aromatic rings. The van der Waals surface area contributed by atoms with Crippen molar-refractivity contribution in [1.82, 2.24) is 35.1 Å². The molecule has 0 bridgehead atoms. The van der Waals surface area contributed by atoms with Crippen molar-refractivity contribution in [3.8, 4) is 11.4 Å². The van der Waals surface area contributed by atoms with Crippen molar-refractivity contribution in [3.63, 3.8) is 0 Å². The van der Waals surface area contributed by atoms with Gasteiger partial charge in [-0.05, 0) is 32.0 Å². The van der Waals surface area contributed by atoms with E-state index in [9.17, 15) is 0 Å². The van der Waals surface area contributed by atoms with Crippen molar-refractivity contribution in [2.24, 2.45) is 0 Å². The van der Waals surface area contributed by atoms with Gasteiger partial charge in [0.25, 0.3) is 0 Å². The molecule has 7 nitrogen and oxygen atoms in total. The number of H-pyrrole nitrogens is 1. The van der Waals surface area contributed by atoms with E-state index in [2.05, 4.69) is 30.6 Å². The lowest BCUT2D eigenvalue weighted by Gasteiger charge is -2.19. The molecule has 0 atom stereocenters. The summed E-state index contributed by atoms with van der Waals surface area (Å²) >= 11 is 0. The molecular formula is C13H15N7. The van der Waals surface area contributed by atoms with E-state index in [0.29, 0.717) is 11.7 Å². The third-order valence-electron chi connectivity index (χ3n) is 3.75. The lowest BCUT2D eigenvalue weighted by molar-refractivity contribution is 0.446. The van der Waals surface area contributed by atoms with E-state index in [0.717, 1.165) is 43.0 Å². The summed E-state index contributed by atoms with van der Waals surface area (Å²) in [5.74, 6) is 2.11. The first kappa shape index (κ1) is 11.5. The topological polar surface area (TPSA) is 83.8 Å². The third kappa shape index (κ3) is 1.87. The molecular weight excluding hydrogens is 254 g/mol. The Balaban J connectivity index is 1.70. The van der Waals surface area contributed by atoms with Gasteiger partial charge in [-0.1, -0.05) is 0 Å². The number of aromatic amines is 1. The van der Waals surface area contributed by atoms with Crippen LogP contribution in [0.5, 0.6) is 0 Å². The minimum absolute atomic E-state index is 0.465. The van der Waals surface area contributed by atoms with Crippen LogP contribution in [0.25, 0.3) is 17.0 Å². The molecule has 1 saturated heterocycles. The first-order valence-corrected chi connectivity index (χ1v) is 6.83. The summed E-state index contributed by atoms with van der Waals surface area (Å²) in [5.41, 5.74) is 1.64. The number of rotatable bonds is 2. The predicted octanol–water partition coefficient (Wildman–Crippen LogP) is 0.981. The van der Waals surface area contributed by atoms with Gasteiger partial charge in [0.15, 0.2) is 11.5 Å². The highest BCUT2D eigenvalue weighted by Crippen LogP contribution is 2.25. The summed E-state index contributed by atoms with van der Waals surface area (Å²) in [5, 5.41) is 15.0. The molecule has 0 aromatic carbocycles. The van der Waals surface area contributed by atoms with Crippen LogP contribution < -0.4 is 5.32 Å². The summed E-state index contributed by atoms with van der Waals surface area (Å²) in [6.45, 7) is 2.08. The molecule has 0 radical (unpaired) electrons. The van der Waals surface area contributed by atoms with Crippen molar-refractivity contribution < 1.29 is 0 Å². The van der Waals surface area contributed by atoms with E-state index in [-0.39, 0.29) is 0 Å². The molecule has 4 rings (SSSR count). The van der Waals surface area contributed by atoms with E-state index in [1.165, 1.54) is 0 Å². The van der Waals surface area contributed by atoms with Crippen LogP contribution in [0, 0.1) is 0 Å². The van der Waals surface area contributed by atoms with Gasteiger partial charge in [-0.15, -0.1) is 0 Å². The van der Waals surface area contributed by atoms with Crippen LogP contribution in [-0.2, 0) is 0 Å². The molecule has 0 spiro atoms. The van der Waals surface area contributed by atoms with E-state index < -0.39 is 0 Å². The second-order valence-electron chi connectivity index (χ2n) is 5.01. The molecule has 1 aliphatic heterocycles. The molecule has 1 fully saturated rings. The smallest absolute Gasteiger partial charge is 0.186 e. The highest BCUT2D eigenvalue weighted by molar-refractivity contribution is 5.71. The van der Waals surface area contributed by atoms with Crippen LogP contribution in [0.15, 0.2) is 24.7 Å². The quantitative estimate of drug-likeness (QED) is 0.724. The molecule has 0 aliphatic carbocycles. The lowest BCUT2D eigenvalue weighted by atomic mass is 9.98. The number of fused-ring (bicyclic) bond motifs is 1. The Labute approximate surface area is 115 Å². The van der Waals surface area contributed by atoms with Gasteiger partial charge in [-0.3, -0.25) is 5.10 Å². The van der Waals surface area contributed by atoms with Crippen molar-refractivity contribution in [2.45, 2.75) is 18.8 Å². The summed E-state index contributed by atoms with van der Waals surface area (Å²) in [6, 6.07) is 1.85. The maximum Gasteiger partial charge on any atom is 0.186 e. The van der Waals surface area contributed by atoms with Crippen LogP contribution in [0.4, 0.5) is 0 Å². The molecule has 2 N–H and O–H groups in total. The zero-order valence-corrected chi connectivity index (χ0v) is 11.0. The number of nitrogens with one attached hydrogen (secondary N) is 2. The summed E-state index contributed by atoms with van der Waals surface area (Å²) in [4.78, 5) is 8.97. The van der Waals surface area contributed by atoms with Crippen molar-refractivity contribution in [2.75, 3.05) is 13.1 Å². The van der Waals surface area contributed by atoms with Gasteiger partial charge in [-0.2, -0.15) is 10.2 Å². The van der Waals surface area contributed by atoms with Gasteiger partial charge >= 0.3 is 0 Å². The predicted molar refractivity (Wildman–Crippen MR) is 73.2 cm³/mol. The lowest BCUT2D eigenvalue weighted by Crippen LogP contribution is -2.27. The largest absolute Gasteiger partial charge is 0.317 e. The Morgan fingerprint density at radius 1 is 1.25 bits per heavy atom. The molecule has 0 unspecified atom stereocenters. The van der Waals surface area contributed by atoms with E-state index >= 15 is 0 Å². The van der Waals surface area contributed by atoms with Crippen LogP contribution in [-0.4, -0.2) is 42.9 Å². The van der Waals surface area contributed by atoms with E-state index in [1.54, 1.807) is 16.9 Å². The number of aromatic nitrogens is 6. The molecule has 102 valence electrons. The highest BCUT2D eigenvalue weighted by Gasteiger charge is 2.20. The number of hydrogen-bond acceptors (Lipinski definition) is 5. The van der Waals surface area contributed by atoms with Gasteiger partial charge in [0, 0.05) is 18.3 Å². The number of piperidine rings is 1. The Hall–Kier alpha value is -2.28. The Morgan fingerprint density at radius 2 is 2.15 bits per heavy atom. The van der Waals surface area contributed by atoms with Gasteiger partial charge < -0.3 is 5.32 Å². The molecule has 20 heavy (non-hydrogen) atoms. The van der Waals surface area contributed by atoms with Gasteiger partial charge in [0.1, 0.15) is 5.82 Å². The fourth-order valence-electron chi connectivity index (χ4n) is 2.66. The molecule has 0 saturated carbocycles. The van der Waals surface area contributed by atoms with Crippen LogP contribution in [0.2, 0.25) is 0 Å². The van der Waals surface area contributed by atoms with Crippen molar-refractivity contribution >= 4 is 5.65 Å². The third-order valence-corrected chi connectivity index (χ3v) is 3.75. The maximum atomic E-state index is 4.64. The molecule has 7 heteroatoms. The monoisotopic (exact) mass is 269 g/mol. The minimum atomic E-state index is 0.465. The van der Waals surface area contributed by atoms with Gasteiger partial charge in [0.2, 0.25) is 0 Å². The number of nitrogens with zero attached hydrogens (tertiary/aromatic N) is 5.